The predicted molar refractivity (Wildman–Crippen MR) is 49.4 cm³/mol. The molecular formula is C7H7BCl2. The molecule has 0 spiro atoms. The Balaban J connectivity index is 3.34. The first kappa shape index (κ1) is 7.97. The van der Waals surface area contributed by atoms with Crippen LogP contribution in [0.5, 0.6) is 0 Å². The molecule has 0 heterocycles. The first-order chi connectivity index (χ1) is 4.63. The van der Waals surface area contributed by atoms with Gasteiger partial charge in [-0.25, -0.2) is 0 Å². The van der Waals surface area contributed by atoms with Gasteiger partial charge >= 0.3 is 0 Å². The number of aryl methyl sites for hydroxylation is 1. The largest absolute Gasteiger partial charge is 0.143 e. The van der Waals surface area contributed by atoms with Crippen LogP contribution in [0.2, 0.25) is 10.0 Å². The molecule has 0 atom stereocenters. The van der Waals surface area contributed by atoms with Crippen LogP contribution in [0.1, 0.15) is 5.56 Å². The summed E-state index contributed by atoms with van der Waals surface area (Å²) in [6, 6.07) is 3.77. The van der Waals surface area contributed by atoms with E-state index in [1.54, 1.807) is 0 Å². The summed E-state index contributed by atoms with van der Waals surface area (Å²) in [6.07, 6.45) is 0. The van der Waals surface area contributed by atoms with E-state index in [0.29, 0.717) is 0 Å². The molecule has 0 saturated carbocycles. The third-order valence-electron chi connectivity index (χ3n) is 1.51. The second-order valence-corrected chi connectivity index (χ2v) is 3.09. The van der Waals surface area contributed by atoms with E-state index in [4.69, 9.17) is 23.2 Å². The summed E-state index contributed by atoms with van der Waals surface area (Å²) in [5.74, 6) is 0. The lowest BCUT2D eigenvalue weighted by atomic mass is 9.94. The molecule has 0 N–H and O–H groups in total. The van der Waals surface area contributed by atoms with Crippen LogP contribution in [0.3, 0.4) is 0 Å². The lowest BCUT2D eigenvalue weighted by molar-refractivity contribution is 1.49. The molecule has 3 heteroatoms. The zero-order valence-electron chi connectivity index (χ0n) is 5.91. The molecule has 10 heavy (non-hydrogen) atoms. The Morgan fingerprint density at radius 2 is 1.90 bits per heavy atom. The minimum absolute atomic E-state index is 0.732. The Hall–Kier alpha value is -0.135. The molecule has 0 nitrogen and oxygen atoms in total. The standard InChI is InChI=1S/C7H7BCl2/c1-4-2-3-5(9)6(8)7(4)10/h2-3H,8H2,1H3. The van der Waals surface area contributed by atoms with Gasteiger partial charge in [0.25, 0.3) is 0 Å². The molecule has 0 fully saturated rings. The number of hydrogen-bond donors (Lipinski definition) is 0. The van der Waals surface area contributed by atoms with Crippen molar-refractivity contribution < 1.29 is 0 Å². The molecular weight excluding hydrogens is 166 g/mol. The maximum atomic E-state index is 5.90. The molecule has 0 unspecified atom stereocenters. The van der Waals surface area contributed by atoms with Gasteiger partial charge in [-0.2, -0.15) is 0 Å². The van der Waals surface area contributed by atoms with Gasteiger partial charge in [-0.1, -0.05) is 34.7 Å². The molecule has 0 aliphatic carbocycles. The summed E-state index contributed by atoms with van der Waals surface area (Å²) >= 11 is 11.7. The average molecular weight is 173 g/mol. The first-order valence-corrected chi connectivity index (χ1v) is 3.79. The fourth-order valence-electron chi connectivity index (χ4n) is 0.797. The lowest BCUT2D eigenvalue weighted by Crippen LogP contribution is -2.06. The first-order valence-electron chi connectivity index (χ1n) is 3.04. The van der Waals surface area contributed by atoms with Crippen molar-refractivity contribution in [3.63, 3.8) is 0 Å². The molecule has 52 valence electrons. The monoisotopic (exact) mass is 172 g/mol. The van der Waals surface area contributed by atoms with Gasteiger partial charge in [-0.15, -0.1) is 0 Å². The third kappa shape index (κ3) is 1.30. The normalized spacial score (nSPS) is 9.90. The third-order valence-corrected chi connectivity index (χ3v) is 2.50. The summed E-state index contributed by atoms with van der Waals surface area (Å²) in [5.41, 5.74) is 2.03. The summed E-state index contributed by atoms with van der Waals surface area (Å²) in [6.45, 7) is 1.96. The zero-order chi connectivity index (χ0) is 7.72. The minimum Gasteiger partial charge on any atom is -0.0849 e. The topological polar surface area (TPSA) is 0 Å². The Morgan fingerprint density at radius 3 is 2.40 bits per heavy atom. The van der Waals surface area contributed by atoms with E-state index in [1.807, 2.05) is 26.9 Å². The Labute approximate surface area is 71.6 Å². The Kier molecular flexibility index (Phi) is 2.27. The van der Waals surface area contributed by atoms with Crippen molar-refractivity contribution in [3.8, 4) is 0 Å². The van der Waals surface area contributed by atoms with Crippen molar-refractivity contribution in [1.29, 1.82) is 0 Å². The van der Waals surface area contributed by atoms with Crippen molar-refractivity contribution in [2.24, 2.45) is 0 Å². The molecule has 0 bridgehead atoms. The van der Waals surface area contributed by atoms with Crippen molar-refractivity contribution in [3.05, 3.63) is 27.7 Å². The quantitative estimate of drug-likeness (QED) is 0.522. The van der Waals surface area contributed by atoms with Gasteiger partial charge in [-0.05, 0) is 18.6 Å². The van der Waals surface area contributed by atoms with Crippen molar-refractivity contribution in [2.75, 3.05) is 0 Å². The maximum absolute atomic E-state index is 5.90. The molecule has 0 aliphatic rings. The van der Waals surface area contributed by atoms with Gasteiger partial charge in [-0.3, -0.25) is 0 Å². The number of hydrogen-bond acceptors (Lipinski definition) is 0. The fourth-order valence-corrected chi connectivity index (χ4v) is 1.17. The molecule has 0 amide bonds. The molecule has 1 aromatic carbocycles. The SMILES string of the molecule is Bc1c(Cl)ccc(C)c1Cl. The predicted octanol–water partition coefficient (Wildman–Crippen LogP) is 1.56. The highest BCUT2D eigenvalue weighted by molar-refractivity contribution is 6.52. The van der Waals surface area contributed by atoms with Crippen LogP contribution in [-0.4, -0.2) is 7.85 Å². The van der Waals surface area contributed by atoms with E-state index in [9.17, 15) is 0 Å². The van der Waals surface area contributed by atoms with Gasteiger partial charge in [0, 0.05) is 10.0 Å². The van der Waals surface area contributed by atoms with Crippen molar-refractivity contribution in [1.82, 2.24) is 0 Å². The van der Waals surface area contributed by atoms with Gasteiger partial charge < -0.3 is 0 Å². The van der Waals surface area contributed by atoms with E-state index in [1.165, 1.54) is 0 Å². The molecule has 0 radical (unpaired) electrons. The van der Waals surface area contributed by atoms with Crippen LogP contribution >= 0.6 is 23.2 Å². The van der Waals surface area contributed by atoms with Crippen LogP contribution in [0.25, 0.3) is 0 Å². The van der Waals surface area contributed by atoms with Gasteiger partial charge in [0.2, 0.25) is 0 Å². The highest BCUT2D eigenvalue weighted by atomic mass is 35.5. The van der Waals surface area contributed by atoms with Crippen LogP contribution in [0.4, 0.5) is 0 Å². The molecule has 1 rings (SSSR count). The maximum Gasteiger partial charge on any atom is 0.143 e. The highest BCUT2D eigenvalue weighted by Crippen LogP contribution is 2.15. The lowest BCUT2D eigenvalue weighted by Gasteiger charge is -2.02. The van der Waals surface area contributed by atoms with E-state index in [2.05, 4.69) is 0 Å². The smallest absolute Gasteiger partial charge is 0.0849 e. The van der Waals surface area contributed by atoms with Gasteiger partial charge in [0.1, 0.15) is 7.85 Å². The van der Waals surface area contributed by atoms with Crippen LogP contribution in [-0.2, 0) is 0 Å². The van der Waals surface area contributed by atoms with E-state index in [-0.39, 0.29) is 0 Å². The summed E-state index contributed by atoms with van der Waals surface area (Å²) < 4.78 is 0. The molecule has 0 saturated heterocycles. The Morgan fingerprint density at radius 1 is 1.30 bits per heavy atom. The van der Waals surface area contributed by atoms with E-state index in [0.717, 1.165) is 21.1 Å². The summed E-state index contributed by atoms with van der Waals surface area (Å²) in [5, 5.41) is 1.50. The van der Waals surface area contributed by atoms with Crippen molar-refractivity contribution in [2.45, 2.75) is 6.92 Å². The summed E-state index contributed by atoms with van der Waals surface area (Å²) in [7, 11) is 1.91. The van der Waals surface area contributed by atoms with E-state index < -0.39 is 0 Å². The number of rotatable bonds is 0. The van der Waals surface area contributed by atoms with Crippen molar-refractivity contribution >= 4 is 36.5 Å². The zero-order valence-corrected chi connectivity index (χ0v) is 7.42. The molecule has 0 aliphatic heterocycles. The highest BCUT2D eigenvalue weighted by Gasteiger charge is 2.01. The van der Waals surface area contributed by atoms with Crippen LogP contribution < -0.4 is 5.46 Å². The van der Waals surface area contributed by atoms with E-state index >= 15 is 0 Å². The summed E-state index contributed by atoms with van der Waals surface area (Å²) in [4.78, 5) is 0. The molecule has 1 aromatic rings. The van der Waals surface area contributed by atoms with Crippen LogP contribution in [0, 0.1) is 6.92 Å². The number of benzene rings is 1. The molecule has 0 aromatic heterocycles. The fraction of sp³-hybridized carbons (Fsp3) is 0.143. The van der Waals surface area contributed by atoms with Gasteiger partial charge in [0.05, 0.1) is 0 Å². The second-order valence-electron chi connectivity index (χ2n) is 2.30. The average Bonchev–Trinajstić information content (AvgIpc) is 1.93. The van der Waals surface area contributed by atoms with Crippen LogP contribution in [0.15, 0.2) is 12.1 Å². The Bertz CT molecular complexity index is 231. The minimum atomic E-state index is 0.732. The second kappa shape index (κ2) is 2.85. The number of halogens is 2. The van der Waals surface area contributed by atoms with Gasteiger partial charge in [0.15, 0.2) is 0 Å².